The molecule has 0 bridgehead atoms. The molecule has 0 radical (unpaired) electrons. The molecule has 1 heterocycles. The molecular formula is C24H26ClNO. The maximum Gasteiger partial charge on any atom is 0.0927 e. The lowest BCUT2D eigenvalue weighted by molar-refractivity contribution is 0.0359. The standard InChI is InChI=1S/C24H26ClNO/c1-16(2)23-19-7-5-4-6-17(19)14-22(21-15-18(25)8-9-20(21)23)24(27)10-12-26(3)13-11-24/h4-9,14-15,27H,10-13H2,1-3H3. The van der Waals surface area contributed by atoms with Gasteiger partial charge in [-0.05, 0) is 85.3 Å². The van der Waals surface area contributed by atoms with Crippen LogP contribution in [0.25, 0.3) is 17.2 Å². The van der Waals surface area contributed by atoms with Crippen LogP contribution in [0, 0.1) is 0 Å². The van der Waals surface area contributed by atoms with E-state index >= 15 is 0 Å². The first-order valence-corrected chi connectivity index (χ1v) is 9.97. The van der Waals surface area contributed by atoms with Gasteiger partial charge in [-0.3, -0.25) is 0 Å². The smallest absolute Gasteiger partial charge is 0.0927 e. The Kier molecular flexibility index (Phi) is 4.75. The molecule has 140 valence electrons. The number of piperidine rings is 1. The fourth-order valence-electron chi connectivity index (χ4n) is 4.37. The second kappa shape index (κ2) is 6.94. The van der Waals surface area contributed by atoms with Crippen LogP contribution in [0.15, 0.2) is 48.0 Å². The van der Waals surface area contributed by atoms with Gasteiger partial charge in [-0.25, -0.2) is 0 Å². The van der Waals surface area contributed by atoms with Crippen LogP contribution in [0.1, 0.15) is 48.9 Å². The van der Waals surface area contributed by atoms with Crippen molar-refractivity contribution >= 4 is 28.8 Å². The molecule has 0 saturated carbocycles. The van der Waals surface area contributed by atoms with Gasteiger partial charge in [-0.2, -0.15) is 0 Å². The second-order valence-electron chi connectivity index (χ2n) is 8.05. The average Bonchev–Trinajstić information content (AvgIpc) is 2.79. The number of benzene rings is 2. The summed E-state index contributed by atoms with van der Waals surface area (Å²) >= 11 is 6.41. The molecule has 0 aromatic heterocycles. The van der Waals surface area contributed by atoms with Gasteiger partial charge in [0.1, 0.15) is 0 Å². The number of fused-ring (bicyclic) bond motifs is 2. The van der Waals surface area contributed by atoms with Crippen molar-refractivity contribution in [2.45, 2.75) is 32.3 Å². The lowest BCUT2D eigenvalue weighted by Crippen LogP contribution is -2.43. The molecule has 4 rings (SSSR count). The lowest BCUT2D eigenvalue weighted by atomic mass is 9.78. The molecule has 0 spiro atoms. The molecule has 2 aromatic rings. The molecule has 2 nitrogen and oxygen atoms in total. The third-order valence-electron chi connectivity index (χ3n) is 5.89. The highest BCUT2D eigenvalue weighted by Crippen LogP contribution is 2.45. The van der Waals surface area contributed by atoms with Gasteiger partial charge >= 0.3 is 0 Å². The Morgan fingerprint density at radius 2 is 1.70 bits per heavy atom. The third kappa shape index (κ3) is 3.27. The summed E-state index contributed by atoms with van der Waals surface area (Å²) in [6, 6.07) is 14.5. The highest BCUT2D eigenvalue weighted by molar-refractivity contribution is 6.31. The molecule has 1 aliphatic heterocycles. The van der Waals surface area contributed by atoms with E-state index in [1.807, 2.05) is 12.1 Å². The van der Waals surface area contributed by atoms with E-state index in [2.05, 4.69) is 62.2 Å². The van der Waals surface area contributed by atoms with E-state index in [1.54, 1.807) is 0 Å². The van der Waals surface area contributed by atoms with Crippen LogP contribution in [-0.2, 0) is 0 Å². The fraction of sp³-hybridized carbons (Fsp3) is 0.333. The first-order chi connectivity index (χ1) is 12.9. The summed E-state index contributed by atoms with van der Waals surface area (Å²) in [5.41, 5.74) is 7.24. The Balaban J connectivity index is 2.01. The van der Waals surface area contributed by atoms with Gasteiger partial charge in [0.05, 0.1) is 5.60 Å². The fourth-order valence-corrected chi connectivity index (χ4v) is 4.54. The third-order valence-corrected chi connectivity index (χ3v) is 6.12. The number of hydrogen-bond acceptors (Lipinski definition) is 2. The van der Waals surface area contributed by atoms with E-state index in [0.717, 1.165) is 48.2 Å². The van der Waals surface area contributed by atoms with Crippen molar-refractivity contribution in [2.24, 2.45) is 0 Å². The van der Waals surface area contributed by atoms with Crippen molar-refractivity contribution in [1.29, 1.82) is 0 Å². The van der Waals surface area contributed by atoms with Gasteiger partial charge < -0.3 is 10.0 Å². The number of likely N-dealkylation sites (tertiary alicyclic amines) is 1. The molecule has 0 unspecified atom stereocenters. The van der Waals surface area contributed by atoms with E-state index < -0.39 is 5.60 Å². The minimum absolute atomic E-state index is 0.704. The number of halogens is 1. The van der Waals surface area contributed by atoms with Crippen molar-refractivity contribution in [1.82, 2.24) is 4.90 Å². The van der Waals surface area contributed by atoms with Gasteiger partial charge in [-0.15, -0.1) is 0 Å². The van der Waals surface area contributed by atoms with E-state index in [0.29, 0.717) is 5.02 Å². The highest BCUT2D eigenvalue weighted by Gasteiger charge is 2.38. The predicted molar refractivity (Wildman–Crippen MR) is 115 cm³/mol. The monoisotopic (exact) mass is 379 g/mol. The van der Waals surface area contributed by atoms with Crippen molar-refractivity contribution in [3.05, 3.63) is 75.3 Å². The summed E-state index contributed by atoms with van der Waals surface area (Å²) in [4.78, 5) is 2.28. The van der Waals surface area contributed by atoms with Crippen molar-refractivity contribution in [2.75, 3.05) is 20.1 Å². The second-order valence-corrected chi connectivity index (χ2v) is 8.48. The summed E-state index contributed by atoms with van der Waals surface area (Å²) in [5.74, 6) is 0. The van der Waals surface area contributed by atoms with Crippen molar-refractivity contribution in [3.8, 4) is 0 Å². The normalized spacial score (nSPS) is 19.0. The summed E-state index contributed by atoms with van der Waals surface area (Å²) < 4.78 is 0. The molecular weight excluding hydrogens is 354 g/mol. The van der Waals surface area contributed by atoms with Crippen LogP contribution in [0.4, 0.5) is 0 Å². The summed E-state index contributed by atoms with van der Waals surface area (Å²) in [6.45, 7) is 6.08. The quantitative estimate of drug-likeness (QED) is 0.707. The molecule has 2 aliphatic rings. The zero-order chi connectivity index (χ0) is 19.2. The van der Waals surface area contributed by atoms with Gasteiger partial charge in [0.2, 0.25) is 0 Å². The Bertz CT molecular complexity index is 945. The van der Waals surface area contributed by atoms with Gasteiger partial charge in [0.25, 0.3) is 0 Å². The summed E-state index contributed by atoms with van der Waals surface area (Å²) in [6.07, 6.45) is 3.65. The molecule has 1 saturated heterocycles. The average molecular weight is 380 g/mol. The van der Waals surface area contributed by atoms with Crippen LogP contribution in [0.2, 0.25) is 5.02 Å². The topological polar surface area (TPSA) is 23.5 Å². The first-order valence-electron chi connectivity index (χ1n) is 9.59. The molecule has 2 aromatic carbocycles. The lowest BCUT2D eigenvalue weighted by Gasteiger charge is -2.39. The number of allylic oxidation sites excluding steroid dienone is 1. The maximum atomic E-state index is 11.7. The Hall–Kier alpha value is -1.87. The molecule has 3 heteroatoms. The van der Waals surface area contributed by atoms with Crippen LogP contribution >= 0.6 is 11.6 Å². The molecule has 1 N–H and O–H groups in total. The Morgan fingerprint density at radius 3 is 2.41 bits per heavy atom. The van der Waals surface area contributed by atoms with Crippen molar-refractivity contribution in [3.63, 3.8) is 0 Å². The Labute approximate surface area is 166 Å². The number of nitrogens with zero attached hydrogens (tertiary/aromatic N) is 1. The Morgan fingerprint density at radius 1 is 1.00 bits per heavy atom. The minimum atomic E-state index is -0.837. The molecule has 1 fully saturated rings. The van der Waals surface area contributed by atoms with Gasteiger partial charge in [0, 0.05) is 18.1 Å². The van der Waals surface area contributed by atoms with Gasteiger partial charge in [-0.1, -0.05) is 47.5 Å². The van der Waals surface area contributed by atoms with Crippen LogP contribution in [-0.4, -0.2) is 35.7 Å². The first kappa shape index (κ1) is 18.5. The largest absolute Gasteiger partial charge is 0.385 e. The summed E-state index contributed by atoms with van der Waals surface area (Å²) in [5, 5.41) is 12.4. The number of aliphatic hydroxyl groups is 1. The number of hydrogen-bond donors (Lipinski definition) is 1. The number of rotatable bonds is 1. The van der Waals surface area contributed by atoms with Crippen molar-refractivity contribution < 1.29 is 5.11 Å². The zero-order valence-electron chi connectivity index (χ0n) is 16.2. The predicted octanol–water partition coefficient (Wildman–Crippen LogP) is 5.49. The van der Waals surface area contributed by atoms with Gasteiger partial charge in [0.15, 0.2) is 0 Å². The highest BCUT2D eigenvalue weighted by atomic mass is 35.5. The molecule has 0 atom stereocenters. The van der Waals surface area contributed by atoms with E-state index in [9.17, 15) is 5.11 Å². The van der Waals surface area contributed by atoms with E-state index in [1.165, 1.54) is 16.7 Å². The van der Waals surface area contributed by atoms with Crippen LogP contribution < -0.4 is 0 Å². The molecule has 0 amide bonds. The molecule has 1 aliphatic carbocycles. The maximum absolute atomic E-state index is 11.7. The SMILES string of the molecule is CC(C)=C1c2ccccc2C=C(C2(O)CCN(C)CC2)c2cc(Cl)ccc21. The zero-order valence-corrected chi connectivity index (χ0v) is 17.0. The van der Waals surface area contributed by atoms with E-state index in [-0.39, 0.29) is 0 Å². The van der Waals surface area contributed by atoms with Crippen LogP contribution in [0.5, 0.6) is 0 Å². The molecule has 27 heavy (non-hydrogen) atoms. The summed E-state index contributed by atoms with van der Waals surface area (Å²) in [7, 11) is 2.11. The van der Waals surface area contributed by atoms with E-state index in [4.69, 9.17) is 11.6 Å². The minimum Gasteiger partial charge on any atom is -0.385 e. The van der Waals surface area contributed by atoms with Crippen LogP contribution in [0.3, 0.4) is 0 Å².